The Kier molecular flexibility index (Phi) is 7.32. The quantitative estimate of drug-likeness (QED) is 0.316. The van der Waals surface area contributed by atoms with Crippen molar-refractivity contribution in [2.45, 2.75) is 11.8 Å². The molecule has 1 saturated heterocycles. The standard InChI is InChI=1S/C25H26BrN7O4S/c1-15-12-19(21(36-2)13-20(15)33-8-10-37-11-9-33)31-25-29-14-16(26)24(32-25)30-18-5-4-17-22(28-7-6-27-17)23(18)38(3,34)35/h4-7,12-14H,8-11H2,1-3H3,(H2,29,30,31,32). The van der Waals surface area contributed by atoms with Crippen LogP contribution in [0.25, 0.3) is 11.0 Å². The second-order valence-corrected chi connectivity index (χ2v) is 11.5. The molecule has 0 bridgehead atoms. The fraction of sp³-hybridized carbons (Fsp3) is 0.280. The summed E-state index contributed by atoms with van der Waals surface area (Å²) in [6, 6.07) is 7.34. The van der Waals surface area contributed by atoms with Crippen LogP contribution in [0.4, 0.5) is 28.8 Å². The Balaban J connectivity index is 1.48. The summed E-state index contributed by atoms with van der Waals surface area (Å²) in [4.78, 5) is 19.8. The Morgan fingerprint density at radius 3 is 2.55 bits per heavy atom. The number of methoxy groups -OCH3 is 1. The topological polar surface area (TPSA) is 131 Å². The first kappa shape index (κ1) is 26.1. The van der Waals surface area contributed by atoms with E-state index >= 15 is 0 Å². The molecule has 0 radical (unpaired) electrons. The van der Waals surface area contributed by atoms with Gasteiger partial charge >= 0.3 is 0 Å². The van der Waals surface area contributed by atoms with Crippen molar-refractivity contribution in [3.05, 3.63) is 52.9 Å². The third-order valence-corrected chi connectivity index (χ3v) is 7.81. The van der Waals surface area contributed by atoms with E-state index in [0.717, 1.165) is 30.6 Å². The molecule has 0 amide bonds. The van der Waals surface area contributed by atoms with E-state index in [1.54, 1.807) is 25.4 Å². The van der Waals surface area contributed by atoms with Gasteiger partial charge in [0.2, 0.25) is 5.95 Å². The molecule has 4 aromatic rings. The first-order valence-electron chi connectivity index (χ1n) is 11.8. The van der Waals surface area contributed by atoms with Crippen molar-refractivity contribution in [2.24, 2.45) is 0 Å². The average molecular weight is 600 g/mol. The average Bonchev–Trinajstić information content (AvgIpc) is 2.90. The van der Waals surface area contributed by atoms with Gasteiger partial charge in [0, 0.05) is 49.7 Å². The Bertz CT molecular complexity index is 1610. The van der Waals surface area contributed by atoms with Gasteiger partial charge in [0.15, 0.2) is 9.84 Å². The van der Waals surface area contributed by atoms with Crippen LogP contribution in [-0.2, 0) is 14.6 Å². The Morgan fingerprint density at radius 1 is 1.05 bits per heavy atom. The van der Waals surface area contributed by atoms with Crippen molar-refractivity contribution in [3.8, 4) is 5.75 Å². The van der Waals surface area contributed by atoms with E-state index in [1.165, 1.54) is 12.4 Å². The molecule has 198 valence electrons. The normalized spacial score (nSPS) is 13.9. The van der Waals surface area contributed by atoms with E-state index in [1.807, 2.05) is 19.1 Å². The van der Waals surface area contributed by atoms with Gasteiger partial charge in [-0.1, -0.05) is 0 Å². The molecule has 2 aromatic carbocycles. The van der Waals surface area contributed by atoms with Gasteiger partial charge in [0.05, 0.1) is 41.7 Å². The third kappa shape index (κ3) is 5.35. The number of halogens is 1. The molecule has 5 rings (SSSR count). The summed E-state index contributed by atoms with van der Waals surface area (Å²) in [6.07, 6.45) is 5.70. The van der Waals surface area contributed by atoms with Crippen molar-refractivity contribution in [2.75, 3.05) is 55.2 Å². The van der Waals surface area contributed by atoms with Crippen LogP contribution in [0.2, 0.25) is 0 Å². The van der Waals surface area contributed by atoms with Crippen LogP contribution < -0.4 is 20.3 Å². The monoisotopic (exact) mass is 599 g/mol. The lowest BCUT2D eigenvalue weighted by molar-refractivity contribution is 0.122. The van der Waals surface area contributed by atoms with E-state index < -0.39 is 9.84 Å². The van der Waals surface area contributed by atoms with Crippen LogP contribution in [-0.4, -0.2) is 68.0 Å². The molecular formula is C25H26BrN7O4S. The second kappa shape index (κ2) is 10.7. The van der Waals surface area contributed by atoms with Gasteiger partial charge in [-0.15, -0.1) is 0 Å². The summed E-state index contributed by atoms with van der Waals surface area (Å²) >= 11 is 3.46. The van der Waals surface area contributed by atoms with Crippen molar-refractivity contribution >= 4 is 65.6 Å². The molecule has 0 saturated carbocycles. The Hall–Kier alpha value is -3.55. The number of hydrogen-bond donors (Lipinski definition) is 2. The molecule has 2 N–H and O–H groups in total. The zero-order valence-corrected chi connectivity index (χ0v) is 23.4. The van der Waals surface area contributed by atoms with Crippen molar-refractivity contribution in [1.82, 2.24) is 19.9 Å². The molecule has 0 unspecified atom stereocenters. The van der Waals surface area contributed by atoms with E-state index in [9.17, 15) is 8.42 Å². The minimum absolute atomic E-state index is 0.0408. The molecule has 0 spiro atoms. The van der Waals surface area contributed by atoms with Crippen LogP contribution in [0.1, 0.15) is 5.56 Å². The molecule has 11 nitrogen and oxygen atoms in total. The number of rotatable bonds is 7. The molecule has 0 aliphatic carbocycles. The predicted molar refractivity (Wildman–Crippen MR) is 150 cm³/mol. The van der Waals surface area contributed by atoms with E-state index in [0.29, 0.717) is 52.1 Å². The summed E-state index contributed by atoms with van der Waals surface area (Å²) in [6.45, 7) is 5.05. The number of hydrogen-bond acceptors (Lipinski definition) is 11. The number of morpholine rings is 1. The van der Waals surface area contributed by atoms with Crippen molar-refractivity contribution in [3.63, 3.8) is 0 Å². The summed E-state index contributed by atoms with van der Waals surface area (Å²) in [5, 5.41) is 6.35. The lowest BCUT2D eigenvalue weighted by Crippen LogP contribution is -2.36. The van der Waals surface area contributed by atoms with Crippen LogP contribution in [0.5, 0.6) is 5.75 Å². The van der Waals surface area contributed by atoms with Gasteiger partial charge in [0.25, 0.3) is 0 Å². The highest BCUT2D eigenvalue weighted by Gasteiger charge is 2.21. The molecule has 3 heterocycles. The summed E-state index contributed by atoms with van der Waals surface area (Å²) < 4.78 is 37.1. The smallest absolute Gasteiger partial charge is 0.229 e. The van der Waals surface area contributed by atoms with E-state index in [-0.39, 0.29) is 10.4 Å². The van der Waals surface area contributed by atoms with E-state index in [2.05, 4.69) is 51.4 Å². The molecule has 2 aromatic heterocycles. The number of nitrogens with one attached hydrogen (secondary N) is 2. The predicted octanol–water partition coefficient (Wildman–Crippen LogP) is 4.23. The highest BCUT2D eigenvalue weighted by molar-refractivity contribution is 9.10. The van der Waals surface area contributed by atoms with Crippen LogP contribution >= 0.6 is 15.9 Å². The summed E-state index contributed by atoms with van der Waals surface area (Å²) in [5.74, 6) is 1.32. The Morgan fingerprint density at radius 2 is 1.82 bits per heavy atom. The van der Waals surface area contributed by atoms with Gasteiger partial charge < -0.3 is 25.0 Å². The van der Waals surface area contributed by atoms with Gasteiger partial charge in [0.1, 0.15) is 22.0 Å². The zero-order valence-electron chi connectivity index (χ0n) is 21.0. The fourth-order valence-corrected chi connectivity index (χ4v) is 5.65. The molecule has 13 heteroatoms. The minimum atomic E-state index is -3.65. The molecule has 1 aliphatic rings. The number of nitrogens with zero attached hydrogens (tertiary/aromatic N) is 5. The van der Waals surface area contributed by atoms with Gasteiger partial charge in [-0.25, -0.2) is 13.4 Å². The second-order valence-electron chi connectivity index (χ2n) is 8.72. The largest absolute Gasteiger partial charge is 0.494 e. The highest BCUT2D eigenvalue weighted by atomic mass is 79.9. The number of ether oxygens (including phenoxy) is 2. The van der Waals surface area contributed by atoms with Crippen LogP contribution in [0, 0.1) is 6.92 Å². The Labute approximate surface area is 228 Å². The minimum Gasteiger partial charge on any atom is -0.494 e. The van der Waals surface area contributed by atoms with Gasteiger partial charge in [-0.2, -0.15) is 4.98 Å². The molecule has 1 aliphatic heterocycles. The maximum atomic E-state index is 12.7. The third-order valence-electron chi connectivity index (χ3n) is 6.08. The van der Waals surface area contributed by atoms with Gasteiger partial charge in [-0.05, 0) is 46.6 Å². The number of sulfone groups is 1. The van der Waals surface area contributed by atoms with Crippen LogP contribution in [0.3, 0.4) is 0 Å². The molecule has 1 fully saturated rings. The van der Waals surface area contributed by atoms with Crippen LogP contribution in [0.15, 0.2) is 52.2 Å². The summed E-state index contributed by atoms with van der Waals surface area (Å²) in [7, 11) is -2.03. The maximum absolute atomic E-state index is 12.7. The lowest BCUT2D eigenvalue weighted by atomic mass is 10.1. The zero-order chi connectivity index (χ0) is 26.9. The van der Waals surface area contributed by atoms with Crippen molar-refractivity contribution in [1.29, 1.82) is 0 Å². The summed E-state index contributed by atoms with van der Waals surface area (Å²) in [5.41, 5.74) is 3.94. The van der Waals surface area contributed by atoms with Crippen molar-refractivity contribution < 1.29 is 17.9 Å². The number of aryl methyl sites for hydroxylation is 1. The first-order chi connectivity index (χ1) is 18.2. The number of anilines is 5. The molecule has 38 heavy (non-hydrogen) atoms. The number of fused-ring (bicyclic) bond motifs is 1. The molecule has 0 atom stereocenters. The lowest BCUT2D eigenvalue weighted by Gasteiger charge is -2.30. The maximum Gasteiger partial charge on any atom is 0.229 e. The number of benzene rings is 2. The highest BCUT2D eigenvalue weighted by Crippen LogP contribution is 2.36. The molecular weight excluding hydrogens is 574 g/mol. The first-order valence-corrected chi connectivity index (χ1v) is 14.4. The van der Waals surface area contributed by atoms with Gasteiger partial charge in [-0.3, -0.25) is 9.97 Å². The van der Waals surface area contributed by atoms with E-state index in [4.69, 9.17) is 9.47 Å². The fourth-order valence-electron chi connectivity index (χ4n) is 4.34. The SMILES string of the molecule is COc1cc(N2CCOCC2)c(C)cc1Nc1ncc(Br)c(Nc2ccc3nccnc3c2S(C)(=O)=O)n1. The number of aromatic nitrogens is 4.